The number of halogens is 6. The third-order valence-electron chi connectivity index (χ3n) is 5.42. The average molecular weight is 539 g/mol. The number of hydrogen-bond donors (Lipinski definition) is 1. The molecule has 0 atom stereocenters. The second-order valence-electron chi connectivity index (χ2n) is 8.12. The van der Waals surface area contributed by atoms with Crippen LogP contribution in [0.25, 0.3) is 11.1 Å². The van der Waals surface area contributed by atoms with E-state index in [1.54, 1.807) is 24.3 Å². The number of aromatic carboxylic acids is 1. The van der Waals surface area contributed by atoms with Crippen molar-refractivity contribution in [1.29, 1.82) is 0 Å². The fraction of sp³-hybridized carbons (Fsp3) is 0.240. The van der Waals surface area contributed by atoms with Gasteiger partial charge in [0, 0.05) is 19.2 Å². The van der Waals surface area contributed by atoms with Crippen LogP contribution in [0.4, 0.5) is 32.4 Å². The first-order valence-corrected chi connectivity index (χ1v) is 11.1. The van der Waals surface area contributed by atoms with Crippen molar-refractivity contribution in [3.63, 3.8) is 0 Å². The van der Waals surface area contributed by atoms with E-state index in [0.717, 1.165) is 6.07 Å². The van der Waals surface area contributed by atoms with Crippen molar-refractivity contribution in [2.24, 2.45) is 0 Å². The van der Waals surface area contributed by atoms with Gasteiger partial charge in [0.2, 0.25) is 5.88 Å². The van der Waals surface area contributed by atoms with Gasteiger partial charge in [0.1, 0.15) is 5.52 Å². The summed E-state index contributed by atoms with van der Waals surface area (Å²) >= 11 is 0. The van der Waals surface area contributed by atoms with E-state index in [2.05, 4.69) is 9.97 Å². The molecule has 0 aliphatic carbocycles. The zero-order valence-electron chi connectivity index (χ0n) is 19.4. The Bertz CT molecular complexity index is 1400. The summed E-state index contributed by atoms with van der Waals surface area (Å²) in [5.41, 5.74) is -2.63. The number of carboxylic acids is 1. The number of carbonyl (C=O) groups is 1. The first kappa shape index (κ1) is 26.8. The van der Waals surface area contributed by atoms with Gasteiger partial charge in [0.25, 0.3) is 6.01 Å². The molecule has 200 valence electrons. The number of oxazole rings is 1. The monoisotopic (exact) mass is 539 g/mol. The number of pyridine rings is 1. The smallest absolute Gasteiger partial charge is 0.416 e. The number of ether oxygens (including phenoxy) is 1. The van der Waals surface area contributed by atoms with Gasteiger partial charge in [-0.1, -0.05) is 24.3 Å². The number of aromatic nitrogens is 2. The van der Waals surface area contributed by atoms with Gasteiger partial charge < -0.3 is 19.2 Å². The maximum atomic E-state index is 13.7. The highest BCUT2D eigenvalue weighted by molar-refractivity contribution is 5.85. The summed E-state index contributed by atoms with van der Waals surface area (Å²) in [6.45, 7) is -0.401. The highest BCUT2D eigenvalue weighted by Gasteiger charge is 2.38. The van der Waals surface area contributed by atoms with Crippen LogP contribution >= 0.6 is 0 Å². The SMILES string of the molecule is O=C(O)c1cccc(OCCCN(Cc2ccc(C(F)(F)F)cc2C(F)(F)F)c2nc3ccccc3o2)n1. The molecule has 13 heteroatoms. The number of rotatable bonds is 9. The molecule has 0 radical (unpaired) electrons. The lowest BCUT2D eigenvalue weighted by atomic mass is 10.0. The van der Waals surface area contributed by atoms with Crippen molar-refractivity contribution < 1.29 is 45.4 Å². The van der Waals surface area contributed by atoms with Gasteiger partial charge in [-0.15, -0.1) is 0 Å². The van der Waals surface area contributed by atoms with E-state index in [4.69, 9.17) is 14.3 Å². The quantitative estimate of drug-likeness (QED) is 0.194. The van der Waals surface area contributed by atoms with E-state index in [-0.39, 0.29) is 43.2 Å². The van der Waals surface area contributed by atoms with Crippen LogP contribution in [0.3, 0.4) is 0 Å². The van der Waals surface area contributed by atoms with E-state index < -0.39 is 41.6 Å². The number of nitrogens with zero attached hydrogens (tertiary/aromatic N) is 3. The lowest BCUT2D eigenvalue weighted by Crippen LogP contribution is -2.27. The Morgan fingerprint density at radius 1 is 0.947 bits per heavy atom. The number of alkyl halides is 6. The van der Waals surface area contributed by atoms with Crippen molar-refractivity contribution in [1.82, 2.24) is 9.97 Å². The van der Waals surface area contributed by atoms with Crippen molar-refractivity contribution in [2.75, 3.05) is 18.1 Å². The van der Waals surface area contributed by atoms with E-state index >= 15 is 0 Å². The topological polar surface area (TPSA) is 88.7 Å². The number of para-hydroxylation sites is 2. The fourth-order valence-corrected chi connectivity index (χ4v) is 3.64. The highest BCUT2D eigenvalue weighted by atomic mass is 19.4. The predicted octanol–water partition coefficient (Wildman–Crippen LogP) is 6.43. The number of hydrogen-bond acceptors (Lipinski definition) is 6. The molecule has 0 spiro atoms. The van der Waals surface area contributed by atoms with E-state index in [1.807, 2.05) is 0 Å². The van der Waals surface area contributed by atoms with Gasteiger partial charge in [-0.2, -0.15) is 31.3 Å². The molecule has 0 aliphatic heterocycles. The first-order chi connectivity index (χ1) is 17.9. The molecule has 38 heavy (non-hydrogen) atoms. The molecule has 0 saturated heterocycles. The molecule has 0 amide bonds. The van der Waals surface area contributed by atoms with E-state index in [0.29, 0.717) is 17.2 Å². The molecule has 1 N–H and O–H groups in total. The molecule has 2 aromatic heterocycles. The van der Waals surface area contributed by atoms with Crippen molar-refractivity contribution in [3.8, 4) is 5.88 Å². The Hall–Kier alpha value is -4.29. The minimum Gasteiger partial charge on any atom is -0.478 e. The molecular weight excluding hydrogens is 520 g/mol. The number of carboxylic acid groups (broad SMARTS) is 1. The summed E-state index contributed by atoms with van der Waals surface area (Å²) in [5, 5.41) is 9.04. The van der Waals surface area contributed by atoms with Crippen molar-refractivity contribution >= 4 is 23.1 Å². The lowest BCUT2D eigenvalue weighted by Gasteiger charge is -2.23. The molecule has 0 aliphatic rings. The Kier molecular flexibility index (Phi) is 7.46. The highest BCUT2D eigenvalue weighted by Crippen LogP contribution is 2.38. The number of fused-ring (bicyclic) bond motifs is 1. The van der Waals surface area contributed by atoms with Crippen LogP contribution in [0.1, 0.15) is 33.6 Å². The normalized spacial score (nSPS) is 12.1. The van der Waals surface area contributed by atoms with Crippen LogP contribution in [0.5, 0.6) is 5.88 Å². The Morgan fingerprint density at radius 3 is 2.39 bits per heavy atom. The first-order valence-electron chi connectivity index (χ1n) is 11.1. The third-order valence-corrected chi connectivity index (χ3v) is 5.42. The number of benzene rings is 2. The van der Waals surface area contributed by atoms with E-state index in [1.165, 1.54) is 23.1 Å². The van der Waals surface area contributed by atoms with Crippen LogP contribution in [0, 0.1) is 0 Å². The Balaban J connectivity index is 1.58. The van der Waals surface area contributed by atoms with Gasteiger partial charge in [-0.3, -0.25) is 0 Å². The zero-order chi connectivity index (χ0) is 27.5. The molecule has 0 unspecified atom stereocenters. The number of anilines is 1. The van der Waals surface area contributed by atoms with Crippen LogP contribution in [0.15, 0.2) is 65.1 Å². The van der Waals surface area contributed by atoms with Crippen LogP contribution in [-0.4, -0.2) is 34.2 Å². The van der Waals surface area contributed by atoms with Crippen LogP contribution in [0.2, 0.25) is 0 Å². The van der Waals surface area contributed by atoms with Crippen molar-refractivity contribution in [3.05, 3.63) is 83.0 Å². The average Bonchev–Trinajstić information content (AvgIpc) is 3.29. The summed E-state index contributed by atoms with van der Waals surface area (Å²) in [4.78, 5) is 20.6. The predicted molar refractivity (Wildman–Crippen MR) is 123 cm³/mol. The fourth-order valence-electron chi connectivity index (χ4n) is 3.64. The van der Waals surface area contributed by atoms with E-state index in [9.17, 15) is 31.1 Å². The summed E-state index contributed by atoms with van der Waals surface area (Å²) in [6, 6.07) is 12.3. The standard InChI is InChI=1S/C25H19F6N3O4/c26-24(27,28)16-10-9-15(17(13-16)25(29,30)31)14-34(23-33-18-5-1-2-7-20(18)38-23)11-4-12-37-21-8-3-6-19(32-21)22(35)36/h1-3,5-10,13H,4,11-12,14H2,(H,35,36). The summed E-state index contributed by atoms with van der Waals surface area (Å²) in [7, 11) is 0. The minimum absolute atomic E-state index is 0.00589. The molecule has 0 bridgehead atoms. The molecule has 2 aromatic carbocycles. The summed E-state index contributed by atoms with van der Waals surface area (Å²) < 4.78 is 91.6. The van der Waals surface area contributed by atoms with Crippen LogP contribution in [-0.2, 0) is 18.9 Å². The second kappa shape index (κ2) is 10.6. The molecule has 4 aromatic rings. The Labute approximate surface area is 211 Å². The molecular formula is C25H19F6N3O4. The van der Waals surface area contributed by atoms with Crippen molar-refractivity contribution in [2.45, 2.75) is 25.3 Å². The van der Waals surface area contributed by atoms with Crippen LogP contribution < -0.4 is 9.64 Å². The largest absolute Gasteiger partial charge is 0.478 e. The summed E-state index contributed by atoms with van der Waals surface area (Å²) in [5.74, 6) is -1.20. The minimum atomic E-state index is -5.03. The molecule has 7 nitrogen and oxygen atoms in total. The van der Waals surface area contributed by atoms with Gasteiger partial charge in [-0.05, 0) is 42.3 Å². The van der Waals surface area contributed by atoms with Gasteiger partial charge in [0.15, 0.2) is 11.3 Å². The lowest BCUT2D eigenvalue weighted by molar-refractivity contribution is -0.143. The second-order valence-corrected chi connectivity index (χ2v) is 8.12. The maximum absolute atomic E-state index is 13.7. The zero-order valence-corrected chi connectivity index (χ0v) is 19.4. The molecule has 2 heterocycles. The third kappa shape index (κ3) is 6.33. The molecule has 0 fully saturated rings. The Morgan fingerprint density at radius 2 is 1.71 bits per heavy atom. The maximum Gasteiger partial charge on any atom is 0.416 e. The van der Waals surface area contributed by atoms with Gasteiger partial charge in [-0.25, -0.2) is 9.78 Å². The van der Waals surface area contributed by atoms with Gasteiger partial charge >= 0.3 is 18.3 Å². The summed E-state index contributed by atoms with van der Waals surface area (Å²) in [6.07, 6.45) is -9.77. The van der Waals surface area contributed by atoms with Gasteiger partial charge in [0.05, 0.1) is 17.7 Å². The molecule has 4 rings (SSSR count). The molecule has 0 saturated carbocycles.